The van der Waals surface area contributed by atoms with Crippen LogP contribution in [0, 0.1) is 11.3 Å². The normalized spacial score (nSPS) is 13.9. The highest BCUT2D eigenvalue weighted by molar-refractivity contribution is 7.10. The van der Waals surface area contributed by atoms with E-state index in [1.165, 1.54) is 16.2 Å². The molecule has 1 aliphatic rings. The van der Waals surface area contributed by atoms with Crippen LogP contribution in [0.5, 0.6) is 0 Å². The Bertz CT molecular complexity index is 405. The molecule has 0 unspecified atom stereocenters. The van der Waals surface area contributed by atoms with Crippen LogP contribution in [-0.2, 0) is 13.1 Å². The standard InChI is InChI=1S/C8H6N2O2S/c9-1-7-6-3-10(8(11)12)2-5(6)4-13-7/h4H,2-3H2,(H,11,12). The van der Waals surface area contributed by atoms with E-state index in [4.69, 9.17) is 10.4 Å². The Kier molecular flexibility index (Phi) is 1.71. The highest BCUT2D eigenvalue weighted by atomic mass is 32.1. The molecular formula is C8H6N2O2S. The van der Waals surface area contributed by atoms with E-state index in [1.54, 1.807) is 0 Å². The summed E-state index contributed by atoms with van der Waals surface area (Å²) in [6.07, 6.45) is -0.926. The summed E-state index contributed by atoms with van der Waals surface area (Å²) in [7, 11) is 0. The van der Waals surface area contributed by atoms with Crippen molar-refractivity contribution in [2.24, 2.45) is 0 Å². The molecule has 0 saturated carbocycles. The van der Waals surface area contributed by atoms with E-state index in [9.17, 15) is 4.79 Å². The molecule has 1 aromatic rings. The zero-order valence-corrected chi connectivity index (χ0v) is 7.47. The number of nitrogens with zero attached hydrogens (tertiary/aromatic N) is 2. The minimum atomic E-state index is -0.926. The van der Waals surface area contributed by atoms with Crippen molar-refractivity contribution in [2.75, 3.05) is 0 Å². The first-order valence-electron chi connectivity index (χ1n) is 3.69. The van der Waals surface area contributed by atoms with Gasteiger partial charge in [0.1, 0.15) is 10.9 Å². The number of carboxylic acid groups (broad SMARTS) is 1. The molecule has 1 aromatic heterocycles. The van der Waals surface area contributed by atoms with E-state index in [0.29, 0.717) is 18.0 Å². The molecule has 0 aromatic carbocycles. The second-order valence-electron chi connectivity index (χ2n) is 2.82. The van der Waals surface area contributed by atoms with E-state index in [0.717, 1.165) is 11.1 Å². The van der Waals surface area contributed by atoms with Gasteiger partial charge in [0.15, 0.2) is 0 Å². The Hall–Kier alpha value is -1.54. The maximum absolute atomic E-state index is 10.6. The largest absolute Gasteiger partial charge is 0.465 e. The second kappa shape index (κ2) is 2.75. The molecule has 1 aliphatic heterocycles. The summed E-state index contributed by atoms with van der Waals surface area (Å²) in [5.41, 5.74) is 1.86. The maximum Gasteiger partial charge on any atom is 0.407 e. The van der Waals surface area contributed by atoms with Crippen LogP contribution in [0.25, 0.3) is 0 Å². The number of amides is 1. The third kappa shape index (κ3) is 1.15. The lowest BCUT2D eigenvalue weighted by Gasteiger charge is -2.09. The molecule has 1 amide bonds. The molecule has 0 atom stereocenters. The third-order valence-corrected chi connectivity index (χ3v) is 3.04. The molecule has 0 saturated heterocycles. The molecule has 1 N–H and O–H groups in total. The third-order valence-electron chi connectivity index (χ3n) is 2.06. The van der Waals surface area contributed by atoms with Crippen molar-refractivity contribution in [3.05, 3.63) is 21.4 Å². The number of nitriles is 1. The van der Waals surface area contributed by atoms with Gasteiger partial charge in [-0.2, -0.15) is 5.26 Å². The Balaban J connectivity index is 2.32. The van der Waals surface area contributed by atoms with Crippen molar-refractivity contribution >= 4 is 17.4 Å². The first kappa shape index (κ1) is 8.08. The van der Waals surface area contributed by atoms with Gasteiger partial charge < -0.3 is 5.11 Å². The van der Waals surface area contributed by atoms with Crippen LogP contribution in [0.2, 0.25) is 0 Å². The van der Waals surface area contributed by atoms with Gasteiger partial charge in [-0.25, -0.2) is 4.79 Å². The predicted molar refractivity (Wildman–Crippen MR) is 46.3 cm³/mol. The minimum absolute atomic E-state index is 0.358. The highest BCUT2D eigenvalue weighted by Crippen LogP contribution is 2.30. The van der Waals surface area contributed by atoms with E-state index >= 15 is 0 Å². The van der Waals surface area contributed by atoms with Crippen LogP contribution in [-0.4, -0.2) is 16.1 Å². The lowest BCUT2D eigenvalue weighted by molar-refractivity contribution is 0.145. The van der Waals surface area contributed by atoms with Gasteiger partial charge in [-0.1, -0.05) is 0 Å². The van der Waals surface area contributed by atoms with Gasteiger partial charge in [0, 0.05) is 5.56 Å². The molecule has 2 rings (SSSR count). The fourth-order valence-corrected chi connectivity index (χ4v) is 2.27. The fourth-order valence-electron chi connectivity index (χ4n) is 1.41. The van der Waals surface area contributed by atoms with Gasteiger partial charge in [-0.3, -0.25) is 4.90 Å². The summed E-state index contributed by atoms with van der Waals surface area (Å²) in [4.78, 5) is 12.6. The first-order chi connectivity index (χ1) is 6.22. The highest BCUT2D eigenvalue weighted by Gasteiger charge is 2.26. The molecule has 13 heavy (non-hydrogen) atoms. The molecule has 2 heterocycles. The predicted octanol–water partition coefficient (Wildman–Crippen LogP) is 1.61. The van der Waals surface area contributed by atoms with Crippen LogP contribution in [0.3, 0.4) is 0 Å². The van der Waals surface area contributed by atoms with Gasteiger partial charge in [-0.05, 0) is 10.9 Å². The summed E-state index contributed by atoms with van der Waals surface area (Å²) in [5.74, 6) is 0. The topological polar surface area (TPSA) is 64.3 Å². The Morgan fingerprint density at radius 2 is 2.46 bits per heavy atom. The van der Waals surface area contributed by atoms with E-state index < -0.39 is 6.09 Å². The summed E-state index contributed by atoms with van der Waals surface area (Å²) in [5, 5.41) is 19.3. The zero-order chi connectivity index (χ0) is 9.42. The Labute approximate surface area is 78.6 Å². The monoisotopic (exact) mass is 194 g/mol. The van der Waals surface area contributed by atoms with Gasteiger partial charge in [-0.15, -0.1) is 11.3 Å². The molecule has 0 aliphatic carbocycles. The van der Waals surface area contributed by atoms with Crippen LogP contribution in [0.4, 0.5) is 4.79 Å². The lowest BCUT2D eigenvalue weighted by Crippen LogP contribution is -2.22. The number of rotatable bonds is 0. The van der Waals surface area contributed by atoms with Crippen molar-refractivity contribution in [1.29, 1.82) is 5.26 Å². The molecule has 4 nitrogen and oxygen atoms in total. The van der Waals surface area contributed by atoms with Crippen molar-refractivity contribution in [2.45, 2.75) is 13.1 Å². The number of hydrogen-bond acceptors (Lipinski definition) is 3. The SMILES string of the molecule is N#Cc1scc2c1CN(C(=O)O)C2. The zero-order valence-electron chi connectivity index (χ0n) is 6.65. The molecule has 5 heteroatoms. The van der Waals surface area contributed by atoms with Gasteiger partial charge in [0.2, 0.25) is 0 Å². The number of carbonyl (C=O) groups is 1. The average molecular weight is 194 g/mol. The van der Waals surface area contributed by atoms with E-state index in [1.807, 2.05) is 5.38 Å². The molecule has 0 spiro atoms. The van der Waals surface area contributed by atoms with Gasteiger partial charge in [0.25, 0.3) is 0 Å². The van der Waals surface area contributed by atoms with Gasteiger partial charge >= 0.3 is 6.09 Å². The van der Waals surface area contributed by atoms with Crippen molar-refractivity contribution < 1.29 is 9.90 Å². The van der Waals surface area contributed by atoms with E-state index in [2.05, 4.69) is 6.07 Å². The molecule has 0 radical (unpaired) electrons. The Morgan fingerprint density at radius 3 is 3.08 bits per heavy atom. The first-order valence-corrected chi connectivity index (χ1v) is 4.57. The number of thiophene rings is 1. The molecule has 66 valence electrons. The maximum atomic E-state index is 10.6. The summed E-state index contributed by atoms with van der Waals surface area (Å²) < 4.78 is 0. The minimum Gasteiger partial charge on any atom is -0.465 e. The average Bonchev–Trinajstić information content (AvgIpc) is 2.60. The number of fused-ring (bicyclic) bond motifs is 1. The smallest absolute Gasteiger partial charge is 0.407 e. The molecule has 0 bridgehead atoms. The molecule has 0 fully saturated rings. The van der Waals surface area contributed by atoms with Crippen LogP contribution in [0.1, 0.15) is 16.0 Å². The van der Waals surface area contributed by atoms with Crippen molar-refractivity contribution in [3.63, 3.8) is 0 Å². The summed E-state index contributed by atoms with van der Waals surface area (Å²) >= 11 is 1.39. The summed E-state index contributed by atoms with van der Waals surface area (Å²) in [6.45, 7) is 0.778. The number of hydrogen-bond donors (Lipinski definition) is 1. The molecular weight excluding hydrogens is 188 g/mol. The summed E-state index contributed by atoms with van der Waals surface area (Å²) in [6, 6.07) is 2.07. The Morgan fingerprint density at radius 1 is 1.69 bits per heavy atom. The van der Waals surface area contributed by atoms with Crippen LogP contribution in [0.15, 0.2) is 5.38 Å². The fraction of sp³-hybridized carbons (Fsp3) is 0.250. The van der Waals surface area contributed by atoms with Gasteiger partial charge in [0.05, 0.1) is 13.1 Å². The van der Waals surface area contributed by atoms with Crippen LogP contribution < -0.4 is 0 Å². The lowest BCUT2D eigenvalue weighted by atomic mass is 10.2. The van der Waals surface area contributed by atoms with Crippen molar-refractivity contribution in [1.82, 2.24) is 4.90 Å². The second-order valence-corrected chi connectivity index (χ2v) is 3.70. The quantitative estimate of drug-likeness (QED) is 0.682. The van der Waals surface area contributed by atoms with Crippen LogP contribution >= 0.6 is 11.3 Å². The van der Waals surface area contributed by atoms with E-state index in [-0.39, 0.29) is 0 Å². The van der Waals surface area contributed by atoms with Crippen molar-refractivity contribution in [3.8, 4) is 6.07 Å².